The zero-order valence-electron chi connectivity index (χ0n) is 15.6. The number of ether oxygens (including phenoxy) is 2. The number of hydrogen-bond donors (Lipinski definition) is 1. The third-order valence-corrected chi connectivity index (χ3v) is 5.30. The van der Waals surface area contributed by atoms with Crippen molar-refractivity contribution in [1.82, 2.24) is 14.8 Å². The lowest BCUT2D eigenvalue weighted by atomic mass is 10.2. The highest BCUT2D eigenvalue weighted by Gasteiger charge is 2.12. The van der Waals surface area contributed by atoms with Gasteiger partial charge in [-0.1, -0.05) is 29.4 Å². The summed E-state index contributed by atoms with van der Waals surface area (Å²) in [5.74, 6) is 1.14. The molecule has 146 valence electrons. The van der Waals surface area contributed by atoms with Gasteiger partial charge < -0.3 is 14.8 Å². The average molecular weight is 419 g/mol. The predicted molar refractivity (Wildman–Crippen MR) is 110 cm³/mol. The molecule has 2 aromatic carbocycles. The summed E-state index contributed by atoms with van der Waals surface area (Å²) in [6.45, 7) is 1.94. The van der Waals surface area contributed by atoms with Crippen molar-refractivity contribution in [3.63, 3.8) is 0 Å². The predicted octanol–water partition coefficient (Wildman–Crippen LogP) is 3.98. The van der Waals surface area contributed by atoms with Crippen LogP contribution in [0.5, 0.6) is 11.5 Å². The lowest BCUT2D eigenvalue weighted by molar-refractivity contribution is -0.113. The van der Waals surface area contributed by atoms with E-state index in [0.717, 1.165) is 11.3 Å². The molecule has 0 saturated carbocycles. The van der Waals surface area contributed by atoms with Gasteiger partial charge in [0.15, 0.2) is 16.7 Å². The molecule has 28 heavy (non-hydrogen) atoms. The molecule has 0 bridgehead atoms. The summed E-state index contributed by atoms with van der Waals surface area (Å²) in [5, 5.41) is 12.1. The standard InChI is InChI=1S/C19H19ClN4O3S/c1-12-4-6-14(9-15(12)20)24-11-21-23-19(24)28-10-18(25)22-13-5-7-16(26-2)17(8-13)27-3/h4-9,11H,10H2,1-3H3,(H,22,25). The summed E-state index contributed by atoms with van der Waals surface area (Å²) in [7, 11) is 3.10. The maximum atomic E-state index is 12.3. The second kappa shape index (κ2) is 8.99. The number of benzene rings is 2. The van der Waals surface area contributed by atoms with Gasteiger partial charge >= 0.3 is 0 Å². The molecule has 0 aliphatic carbocycles. The van der Waals surface area contributed by atoms with Gasteiger partial charge in [-0.05, 0) is 36.8 Å². The van der Waals surface area contributed by atoms with Gasteiger partial charge in [-0.3, -0.25) is 9.36 Å². The highest BCUT2D eigenvalue weighted by Crippen LogP contribution is 2.30. The molecule has 3 rings (SSSR count). The van der Waals surface area contributed by atoms with Gasteiger partial charge in [0.2, 0.25) is 5.91 Å². The first-order valence-corrected chi connectivity index (χ1v) is 9.69. The maximum Gasteiger partial charge on any atom is 0.234 e. The molecule has 0 spiro atoms. The minimum absolute atomic E-state index is 0.172. The van der Waals surface area contributed by atoms with Crippen LogP contribution in [0.2, 0.25) is 5.02 Å². The van der Waals surface area contributed by atoms with Gasteiger partial charge in [-0.2, -0.15) is 0 Å². The van der Waals surface area contributed by atoms with E-state index in [9.17, 15) is 4.79 Å². The molecule has 0 atom stereocenters. The normalized spacial score (nSPS) is 10.6. The Balaban J connectivity index is 1.66. The number of aromatic nitrogens is 3. The van der Waals surface area contributed by atoms with E-state index in [-0.39, 0.29) is 11.7 Å². The Morgan fingerprint density at radius 2 is 1.96 bits per heavy atom. The van der Waals surface area contributed by atoms with E-state index in [0.29, 0.717) is 27.4 Å². The van der Waals surface area contributed by atoms with Crippen molar-refractivity contribution in [3.8, 4) is 17.2 Å². The topological polar surface area (TPSA) is 78.3 Å². The Morgan fingerprint density at radius 1 is 1.18 bits per heavy atom. The molecule has 1 amide bonds. The Kier molecular flexibility index (Phi) is 6.43. The lowest BCUT2D eigenvalue weighted by Gasteiger charge is -2.11. The van der Waals surface area contributed by atoms with E-state index in [4.69, 9.17) is 21.1 Å². The van der Waals surface area contributed by atoms with Crippen LogP contribution in [-0.2, 0) is 4.79 Å². The van der Waals surface area contributed by atoms with Crippen LogP contribution in [0.1, 0.15) is 5.56 Å². The van der Waals surface area contributed by atoms with Crippen molar-refractivity contribution in [1.29, 1.82) is 0 Å². The summed E-state index contributed by atoms with van der Waals surface area (Å²) in [6, 6.07) is 10.9. The third-order valence-electron chi connectivity index (χ3n) is 3.95. The number of halogens is 1. The number of carbonyl (C=O) groups excluding carboxylic acids is 1. The molecule has 0 unspecified atom stereocenters. The maximum absolute atomic E-state index is 12.3. The van der Waals surface area contributed by atoms with Crippen LogP contribution in [0, 0.1) is 6.92 Å². The summed E-state index contributed by atoms with van der Waals surface area (Å²) >= 11 is 7.48. The molecular weight excluding hydrogens is 400 g/mol. The second-order valence-electron chi connectivity index (χ2n) is 5.82. The van der Waals surface area contributed by atoms with E-state index in [1.165, 1.54) is 11.8 Å². The quantitative estimate of drug-likeness (QED) is 0.585. The van der Waals surface area contributed by atoms with Crippen molar-refractivity contribution in [3.05, 3.63) is 53.3 Å². The van der Waals surface area contributed by atoms with E-state index in [2.05, 4.69) is 15.5 Å². The number of carbonyl (C=O) groups is 1. The molecule has 9 heteroatoms. The lowest BCUT2D eigenvalue weighted by Crippen LogP contribution is -2.14. The summed E-state index contributed by atoms with van der Waals surface area (Å²) in [6.07, 6.45) is 1.59. The van der Waals surface area contributed by atoms with Gasteiger partial charge in [0.1, 0.15) is 6.33 Å². The Bertz CT molecular complexity index is 993. The number of nitrogens with zero attached hydrogens (tertiary/aromatic N) is 3. The Morgan fingerprint density at radius 3 is 2.68 bits per heavy atom. The zero-order chi connectivity index (χ0) is 20.1. The van der Waals surface area contributed by atoms with E-state index < -0.39 is 0 Å². The van der Waals surface area contributed by atoms with Crippen LogP contribution < -0.4 is 14.8 Å². The first-order chi connectivity index (χ1) is 13.5. The monoisotopic (exact) mass is 418 g/mol. The fourth-order valence-corrected chi connectivity index (χ4v) is 3.38. The van der Waals surface area contributed by atoms with Crippen LogP contribution in [-0.4, -0.2) is 40.6 Å². The molecule has 1 N–H and O–H groups in total. The molecule has 3 aromatic rings. The molecular formula is C19H19ClN4O3S. The van der Waals surface area contributed by atoms with E-state index in [1.54, 1.807) is 43.3 Å². The molecule has 0 radical (unpaired) electrons. The van der Waals surface area contributed by atoms with Crippen molar-refractivity contribution in [2.24, 2.45) is 0 Å². The van der Waals surface area contributed by atoms with Crippen LogP contribution in [0.4, 0.5) is 5.69 Å². The van der Waals surface area contributed by atoms with Gasteiger partial charge in [-0.15, -0.1) is 10.2 Å². The zero-order valence-corrected chi connectivity index (χ0v) is 17.2. The number of amides is 1. The minimum atomic E-state index is -0.172. The van der Waals surface area contributed by atoms with E-state index in [1.807, 2.05) is 25.1 Å². The number of anilines is 1. The largest absolute Gasteiger partial charge is 0.493 e. The number of rotatable bonds is 7. The summed E-state index contributed by atoms with van der Waals surface area (Å²) in [4.78, 5) is 12.3. The van der Waals surface area contributed by atoms with Crippen LogP contribution in [0.25, 0.3) is 5.69 Å². The average Bonchev–Trinajstić information content (AvgIpc) is 3.17. The fourth-order valence-electron chi connectivity index (χ4n) is 2.47. The highest BCUT2D eigenvalue weighted by molar-refractivity contribution is 7.99. The van der Waals surface area contributed by atoms with Gasteiger partial charge in [0, 0.05) is 16.8 Å². The number of thioether (sulfide) groups is 1. The Hall–Kier alpha value is -2.71. The number of methoxy groups -OCH3 is 2. The van der Waals surface area contributed by atoms with Crippen molar-refractivity contribution < 1.29 is 14.3 Å². The SMILES string of the molecule is COc1ccc(NC(=O)CSc2nncn2-c2ccc(C)c(Cl)c2)cc1OC. The molecule has 0 aliphatic heterocycles. The van der Waals surface area contributed by atoms with E-state index >= 15 is 0 Å². The number of aryl methyl sites for hydroxylation is 1. The molecule has 0 aliphatic rings. The highest BCUT2D eigenvalue weighted by atomic mass is 35.5. The van der Waals surface area contributed by atoms with Crippen molar-refractivity contribution in [2.45, 2.75) is 12.1 Å². The van der Waals surface area contributed by atoms with Crippen LogP contribution >= 0.6 is 23.4 Å². The minimum Gasteiger partial charge on any atom is -0.493 e. The molecule has 0 fully saturated rings. The second-order valence-corrected chi connectivity index (χ2v) is 7.17. The first-order valence-electron chi connectivity index (χ1n) is 8.33. The van der Waals surface area contributed by atoms with Crippen molar-refractivity contribution >= 4 is 35.0 Å². The van der Waals surface area contributed by atoms with Gasteiger partial charge in [0.05, 0.1) is 25.7 Å². The van der Waals surface area contributed by atoms with Crippen molar-refractivity contribution in [2.75, 3.05) is 25.3 Å². The summed E-state index contributed by atoms with van der Waals surface area (Å²) in [5.41, 5.74) is 2.44. The summed E-state index contributed by atoms with van der Waals surface area (Å²) < 4.78 is 12.2. The molecule has 1 aromatic heterocycles. The Labute approximate surface area is 172 Å². The number of hydrogen-bond acceptors (Lipinski definition) is 6. The molecule has 1 heterocycles. The first kappa shape index (κ1) is 20.0. The van der Waals surface area contributed by atoms with Gasteiger partial charge in [-0.25, -0.2) is 0 Å². The van der Waals surface area contributed by atoms with Crippen LogP contribution in [0.3, 0.4) is 0 Å². The van der Waals surface area contributed by atoms with Crippen LogP contribution in [0.15, 0.2) is 47.9 Å². The molecule has 0 saturated heterocycles. The smallest absolute Gasteiger partial charge is 0.234 e. The molecule has 7 nitrogen and oxygen atoms in total. The van der Waals surface area contributed by atoms with Gasteiger partial charge in [0.25, 0.3) is 0 Å². The number of nitrogens with one attached hydrogen (secondary N) is 1. The fraction of sp³-hybridized carbons (Fsp3) is 0.211. The third kappa shape index (κ3) is 4.58.